The average Bonchev–Trinajstić information content (AvgIpc) is 2.45. The van der Waals surface area contributed by atoms with Gasteiger partial charge in [-0.3, -0.25) is 0 Å². The van der Waals surface area contributed by atoms with Gasteiger partial charge < -0.3 is 5.32 Å². The molecule has 0 spiro atoms. The Kier molecular flexibility index (Phi) is 4.99. The van der Waals surface area contributed by atoms with Crippen LogP contribution in [0.2, 0.25) is 0 Å². The van der Waals surface area contributed by atoms with Crippen molar-refractivity contribution in [2.75, 3.05) is 6.54 Å². The van der Waals surface area contributed by atoms with Crippen molar-refractivity contribution in [3.8, 4) is 0 Å². The molecule has 0 fully saturated rings. The topological polar surface area (TPSA) is 37.8 Å². The monoisotopic (exact) mass is 323 g/mol. The first-order valence-electron chi connectivity index (χ1n) is 6.17. The van der Waals surface area contributed by atoms with Crippen LogP contribution in [0.4, 0.5) is 4.39 Å². The zero-order chi connectivity index (χ0) is 13.7. The third kappa shape index (κ3) is 3.36. The molecule has 1 aromatic carbocycles. The van der Waals surface area contributed by atoms with Crippen LogP contribution in [0.15, 0.2) is 41.3 Å². The lowest BCUT2D eigenvalue weighted by molar-refractivity contribution is 0.535. The van der Waals surface area contributed by atoms with Gasteiger partial charge in [0.05, 0.1) is 16.2 Å². The molecule has 1 atom stereocenters. The third-order valence-electron chi connectivity index (χ3n) is 2.79. The number of aromatic nitrogens is 2. The molecular weight excluding hydrogens is 309 g/mol. The fourth-order valence-corrected chi connectivity index (χ4v) is 2.26. The summed E-state index contributed by atoms with van der Waals surface area (Å²) >= 11 is 3.22. The van der Waals surface area contributed by atoms with Crippen molar-refractivity contribution in [1.82, 2.24) is 15.3 Å². The number of hydrogen-bond donors (Lipinski definition) is 1. The highest BCUT2D eigenvalue weighted by atomic mass is 79.9. The van der Waals surface area contributed by atoms with Gasteiger partial charge >= 0.3 is 0 Å². The van der Waals surface area contributed by atoms with Crippen molar-refractivity contribution in [1.29, 1.82) is 0 Å². The second kappa shape index (κ2) is 6.73. The van der Waals surface area contributed by atoms with E-state index in [0.29, 0.717) is 10.0 Å². The molecule has 0 aliphatic rings. The molecule has 2 rings (SSSR count). The van der Waals surface area contributed by atoms with E-state index in [1.165, 1.54) is 6.33 Å². The Balaban J connectivity index is 2.40. The summed E-state index contributed by atoms with van der Waals surface area (Å²) in [7, 11) is 0. The van der Waals surface area contributed by atoms with Crippen LogP contribution in [-0.4, -0.2) is 16.5 Å². The Bertz CT molecular complexity index is 533. The highest BCUT2D eigenvalue weighted by molar-refractivity contribution is 9.10. The molecule has 1 heterocycles. The fraction of sp³-hybridized carbons (Fsp3) is 0.286. The van der Waals surface area contributed by atoms with Crippen molar-refractivity contribution in [3.05, 3.63) is 58.3 Å². The van der Waals surface area contributed by atoms with Gasteiger partial charge in [-0.1, -0.05) is 19.1 Å². The number of nitrogens with zero attached hydrogens (tertiary/aromatic N) is 2. The van der Waals surface area contributed by atoms with Crippen LogP contribution in [0, 0.1) is 5.82 Å². The molecule has 0 aliphatic carbocycles. The Hall–Kier alpha value is -1.33. The summed E-state index contributed by atoms with van der Waals surface area (Å²) < 4.78 is 14.7. The lowest BCUT2D eigenvalue weighted by Crippen LogP contribution is -2.25. The van der Waals surface area contributed by atoms with Crippen molar-refractivity contribution in [3.63, 3.8) is 0 Å². The van der Waals surface area contributed by atoms with Crippen LogP contribution in [0.1, 0.15) is 30.6 Å². The normalized spacial score (nSPS) is 12.4. The summed E-state index contributed by atoms with van der Waals surface area (Å²) in [6.07, 6.45) is 4.11. The lowest BCUT2D eigenvalue weighted by Gasteiger charge is -2.19. The smallest absolute Gasteiger partial charge is 0.142 e. The maximum atomic E-state index is 14.2. The second-order valence-electron chi connectivity index (χ2n) is 4.16. The standard InChI is InChI=1S/C14H15BrFN3/c1-2-7-18-14(12-6-8-17-9-19-12)10-4-3-5-11(15)13(10)16/h3-6,8-9,14,18H,2,7H2,1H3. The van der Waals surface area contributed by atoms with E-state index in [4.69, 9.17) is 0 Å². The molecule has 0 aliphatic heterocycles. The second-order valence-corrected chi connectivity index (χ2v) is 5.02. The minimum atomic E-state index is -0.263. The summed E-state index contributed by atoms with van der Waals surface area (Å²) in [6, 6.07) is 6.82. The van der Waals surface area contributed by atoms with Crippen molar-refractivity contribution in [2.45, 2.75) is 19.4 Å². The summed E-state index contributed by atoms with van der Waals surface area (Å²) in [5.41, 5.74) is 1.35. The SMILES string of the molecule is CCCNC(c1ccncn1)c1cccc(Br)c1F. The lowest BCUT2D eigenvalue weighted by atomic mass is 10.0. The van der Waals surface area contributed by atoms with Gasteiger partial charge in [-0.2, -0.15) is 0 Å². The molecule has 19 heavy (non-hydrogen) atoms. The predicted octanol–water partition coefficient (Wildman–Crippen LogP) is 3.47. The molecule has 0 saturated heterocycles. The van der Waals surface area contributed by atoms with Gasteiger partial charge in [0.15, 0.2) is 0 Å². The number of hydrogen-bond acceptors (Lipinski definition) is 3. The maximum absolute atomic E-state index is 14.2. The van der Waals surface area contributed by atoms with Crippen LogP contribution in [-0.2, 0) is 0 Å². The summed E-state index contributed by atoms with van der Waals surface area (Å²) in [6.45, 7) is 2.86. The van der Waals surface area contributed by atoms with Crippen LogP contribution in [0.5, 0.6) is 0 Å². The zero-order valence-electron chi connectivity index (χ0n) is 10.6. The number of nitrogens with one attached hydrogen (secondary N) is 1. The van der Waals surface area contributed by atoms with E-state index in [0.717, 1.165) is 18.7 Å². The van der Waals surface area contributed by atoms with Crippen LogP contribution < -0.4 is 5.32 Å². The highest BCUT2D eigenvalue weighted by Crippen LogP contribution is 2.27. The van der Waals surface area contributed by atoms with Gasteiger partial charge in [0, 0.05) is 11.8 Å². The van der Waals surface area contributed by atoms with Crippen molar-refractivity contribution >= 4 is 15.9 Å². The predicted molar refractivity (Wildman–Crippen MR) is 76.3 cm³/mol. The quantitative estimate of drug-likeness (QED) is 0.915. The fourth-order valence-electron chi connectivity index (χ4n) is 1.88. The summed E-state index contributed by atoms with van der Waals surface area (Å²) in [5.74, 6) is -0.255. The highest BCUT2D eigenvalue weighted by Gasteiger charge is 2.19. The van der Waals surface area contributed by atoms with E-state index < -0.39 is 0 Å². The molecule has 1 N–H and O–H groups in total. The Morgan fingerprint density at radius 1 is 1.37 bits per heavy atom. The molecule has 3 nitrogen and oxygen atoms in total. The molecule has 0 saturated carbocycles. The van der Waals surface area contributed by atoms with Gasteiger partial charge in [0.1, 0.15) is 12.1 Å². The molecule has 2 aromatic rings. The number of benzene rings is 1. The Morgan fingerprint density at radius 2 is 2.21 bits per heavy atom. The molecule has 0 bridgehead atoms. The van der Waals surface area contributed by atoms with Gasteiger partial charge in [-0.25, -0.2) is 14.4 Å². The number of rotatable bonds is 5. The molecule has 1 aromatic heterocycles. The van der Waals surface area contributed by atoms with Gasteiger partial charge in [0.25, 0.3) is 0 Å². The van der Waals surface area contributed by atoms with E-state index in [9.17, 15) is 4.39 Å². The third-order valence-corrected chi connectivity index (χ3v) is 3.40. The average molecular weight is 324 g/mol. The van der Waals surface area contributed by atoms with Crippen molar-refractivity contribution in [2.24, 2.45) is 0 Å². The zero-order valence-corrected chi connectivity index (χ0v) is 12.2. The molecule has 0 amide bonds. The van der Waals surface area contributed by atoms with E-state index in [1.807, 2.05) is 6.07 Å². The maximum Gasteiger partial charge on any atom is 0.142 e. The molecule has 5 heteroatoms. The van der Waals surface area contributed by atoms with Gasteiger partial charge in [-0.05, 0) is 41.0 Å². The first kappa shape index (κ1) is 14.1. The Labute approximate surface area is 120 Å². The van der Waals surface area contributed by atoms with E-state index in [2.05, 4.69) is 38.1 Å². The summed E-state index contributed by atoms with van der Waals surface area (Å²) in [5, 5.41) is 3.32. The molecule has 100 valence electrons. The Morgan fingerprint density at radius 3 is 2.89 bits per heavy atom. The van der Waals surface area contributed by atoms with E-state index in [-0.39, 0.29) is 11.9 Å². The van der Waals surface area contributed by atoms with Gasteiger partial charge in [0.2, 0.25) is 0 Å². The van der Waals surface area contributed by atoms with Crippen molar-refractivity contribution < 1.29 is 4.39 Å². The first-order valence-corrected chi connectivity index (χ1v) is 6.96. The van der Waals surface area contributed by atoms with E-state index >= 15 is 0 Å². The van der Waals surface area contributed by atoms with Gasteiger partial charge in [-0.15, -0.1) is 0 Å². The van der Waals surface area contributed by atoms with E-state index in [1.54, 1.807) is 24.4 Å². The molecule has 1 unspecified atom stereocenters. The molecular formula is C14H15BrFN3. The molecule has 0 radical (unpaired) electrons. The minimum Gasteiger partial charge on any atom is -0.305 e. The first-order chi connectivity index (χ1) is 9.24. The summed E-state index contributed by atoms with van der Waals surface area (Å²) in [4.78, 5) is 8.12. The number of halogens is 2. The minimum absolute atomic E-state index is 0.255. The largest absolute Gasteiger partial charge is 0.305 e. The van der Waals surface area contributed by atoms with Crippen LogP contribution in [0.25, 0.3) is 0 Å². The van der Waals surface area contributed by atoms with Crippen LogP contribution in [0.3, 0.4) is 0 Å². The van der Waals surface area contributed by atoms with Crippen LogP contribution >= 0.6 is 15.9 Å².